The van der Waals surface area contributed by atoms with E-state index in [1.165, 1.54) is 0 Å². The molecule has 2 N–H and O–H groups in total. The number of fused-ring (bicyclic) bond motifs is 2. The van der Waals surface area contributed by atoms with E-state index in [1.54, 1.807) is 0 Å². The Hall–Kier alpha value is -3.54. The van der Waals surface area contributed by atoms with Crippen LogP contribution in [0.1, 0.15) is 30.9 Å². The van der Waals surface area contributed by atoms with E-state index in [0.29, 0.717) is 19.4 Å². The Balaban J connectivity index is 1.35. The Morgan fingerprint density at radius 1 is 0.818 bits per heavy atom. The quantitative estimate of drug-likeness (QED) is 0.412. The molecule has 6 heteroatoms. The minimum atomic E-state index is -0.0889. The van der Waals surface area contributed by atoms with Gasteiger partial charge in [-0.15, -0.1) is 0 Å². The van der Waals surface area contributed by atoms with Crippen LogP contribution in [-0.4, -0.2) is 33.5 Å². The van der Waals surface area contributed by atoms with Gasteiger partial charge in [0, 0.05) is 60.9 Å². The van der Waals surface area contributed by atoms with Gasteiger partial charge in [-0.25, -0.2) is 0 Å². The maximum Gasteiger partial charge on any atom is 0.224 e. The number of aromatic nitrogens is 2. The smallest absolute Gasteiger partial charge is 0.224 e. The zero-order valence-corrected chi connectivity index (χ0v) is 19.6. The summed E-state index contributed by atoms with van der Waals surface area (Å²) in [6.07, 6.45) is 6.43. The summed E-state index contributed by atoms with van der Waals surface area (Å²) < 4.78 is 4.10. The Morgan fingerprint density at radius 2 is 1.33 bits per heavy atom. The van der Waals surface area contributed by atoms with Crippen molar-refractivity contribution in [3.05, 3.63) is 72.1 Å². The van der Waals surface area contributed by atoms with Crippen LogP contribution in [-0.2, 0) is 36.5 Å². The number of hydrogen-bond donors (Lipinski definition) is 2. The number of carbonyl (C=O) groups excluding carboxylic acids is 2. The average molecular weight is 445 g/mol. The van der Waals surface area contributed by atoms with E-state index in [2.05, 4.69) is 40.3 Å². The third kappa shape index (κ3) is 5.11. The van der Waals surface area contributed by atoms with Gasteiger partial charge in [-0.1, -0.05) is 49.7 Å². The molecular formula is C27H32N4O2. The van der Waals surface area contributed by atoms with Gasteiger partial charge < -0.3 is 19.8 Å². The van der Waals surface area contributed by atoms with Crippen LogP contribution in [0, 0.1) is 0 Å². The lowest BCUT2D eigenvalue weighted by molar-refractivity contribution is -0.123. The summed E-state index contributed by atoms with van der Waals surface area (Å²) in [5, 5.41) is 8.36. The third-order valence-corrected chi connectivity index (χ3v) is 6.21. The first-order valence-corrected chi connectivity index (χ1v) is 11.6. The number of benzene rings is 2. The lowest BCUT2D eigenvalue weighted by Gasteiger charge is -2.19. The van der Waals surface area contributed by atoms with Gasteiger partial charge in [0.1, 0.15) is 0 Å². The number of nitrogens with zero attached hydrogens (tertiary/aromatic N) is 2. The standard InChI is InChI=1S/C27H32N4O2/c1-4-9-21(29-27(33)15-20-18-31(3)25-13-8-6-11-23(20)25)16-28-26(32)14-19-17-30(2)24-12-7-5-10-22(19)24/h5-8,10-13,17-18,21H,4,9,14-16H2,1-3H3,(H,28,32)(H,29,33). The van der Waals surface area contributed by atoms with E-state index in [1.807, 2.05) is 61.4 Å². The van der Waals surface area contributed by atoms with Gasteiger partial charge in [-0.3, -0.25) is 9.59 Å². The van der Waals surface area contributed by atoms with Crippen LogP contribution in [0.15, 0.2) is 60.9 Å². The fourth-order valence-corrected chi connectivity index (χ4v) is 4.63. The van der Waals surface area contributed by atoms with Crippen molar-refractivity contribution in [2.24, 2.45) is 14.1 Å². The van der Waals surface area contributed by atoms with Gasteiger partial charge in [0.15, 0.2) is 0 Å². The topological polar surface area (TPSA) is 68.1 Å². The first-order valence-electron chi connectivity index (χ1n) is 11.6. The second-order valence-electron chi connectivity index (χ2n) is 8.78. The molecule has 0 bridgehead atoms. The molecule has 2 heterocycles. The van der Waals surface area contributed by atoms with Crippen LogP contribution in [0.3, 0.4) is 0 Å². The minimum absolute atomic E-state index is 0.0203. The molecule has 6 nitrogen and oxygen atoms in total. The molecule has 0 aliphatic heterocycles. The number of amides is 2. The Labute approximate surface area is 194 Å². The summed E-state index contributed by atoms with van der Waals surface area (Å²) in [5.41, 5.74) is 4.26. The van der Waals surface area contributed by atoms with E-state index < -0.39 is 0 Å². The van der Waals surface area contributed by atoms with E-state index in [0.717, 1.165) is 45.8 Å². The molecule has 1 unspecified atom stereocenters. The van der Waals surface area contributed by atoms with Crippen LogP contribution in [0.5, 0.6) is 0 Å². The van der Waals surface area contributed by atoms with Gasteiger partial charge in [0.2, 0.25) is 11.8 Å². The van der Waals surface area contributed by atoms with Crippen LogP contribution in [0.25, 0.3) is 21.8 Å². The second-order valence-corrected chi connectivity index (χ2v) is 8.78. The summed E-state index contributed by atoms with van der Waals surface area (Å²) in [4.78, 5) is 25.5. The van der Waals surface area contributed by atoms with E-state index >= 15 is 0 Å². The fourth-order valence-electron chi connectivity index (χ4n) is 4.63. The summed E-state index contributed by atoms with van der Waals surface area (Å²) in [7, 11) is 3.99. The molecular weight excluding hydrogens is 412 g/mol. The second kappa shape index (κ2) is 9.94. The van der Waals surface area contributed by atoms with Gasteiger partial charge in [0.25, 0.3) is 0 Å². The molecule has 0 radical (unpaired) electrons. The number of carbonyl (C=O) groups is 2. The van der Waals surface area contributed by atoms with Crippen LogP contribution < -0.4 is 10.6 Å². The lowest BCUT2D eigenvalue weighted by atomic mass is 10.1. The average Bonchev–Trinajstić information content (AvgIpc) is 3.29. The van der Waals surface area contributed by atoms with Crippen molar-refractivity contribution in [2.75, 3.05) is 6.54 Å². The number of nitrogens with one attached hydrogen (secondary N) is 2. The van der Waals surface area contributed by atoms with Gasteiger partial charge in [0.05, 0.1) is 12.8 Å². The highest BCUT2D eigenvalue weighted by molar-refractivity contribution is 5.90. The molecule has 0 aliphatic rings. The lowest BCUT2D eigenvalue weighted by Crippen LogP contribution is -2.44. The molecule has 0 fully saturated rings. The van der Waals surface area contributed by atoms with Gasteiger partial charge >= 0.3 is 0 Å². The summed E-state index contributed by atoms with van der Waals surface area (Å²) in [5.74, 6) is -0.0520. The summed E-state index contributed by atoms with van der Waals surface area (Å²) in [6.45, 7) is 2.51. The number of rotatable bonds is 9. The van der Waals surface area contributed by atoms with Crippen molar-refractivity contribution >= 4 is 33.6 Å². The van der Waals surface area contributed by atoms with E-state index in [-0.39, 0.29) is 17.9 Å². The third-order valence-electron chi connectivity index (χ3n) is 6.21. The molecule has 0 aliphatic carbocycles. The monoisotopic (exact) mass is 444 g/mol. The van der Waals surface area contributed by atoms with Crippen LogP contribution in [0.2, 0.25) is 0 Å². The SMILES string of the molecule is CCCC(CNC(=O)Cc1cn(C)c2ccccc12)NC(=O)Cc1cn(C)c2ccccc12. The predicted octanol–water partition coefficient (Wildman–Crippen LogP) is 3.86. The van der Waals surface area contributed by atoms with Gasteiger partial charge in [-0.2, -0.15) is 0 Å². The molecule has 0 spiro atoms. The number of hydrogen-bond acceptors (Lipinski definition) is 2. The Bertz CT molecular complexity index is 1280. The number of aryl methyl sites for hydroxylation is 2. The van der Waals surface area contributed by atoms with E-state index in [4.69, 9.17) is 0 Å². The molecule has 4 aromatic rings. The van der Waals surface area contributed by atoms with Crippen molar-refractivity contribution in [1.82, 2.24) is 19.8 Å². The van der Waals surface area contributed by atoms with Crippen LogP contribution in [0.4, 0.5) is 0 Å². The maximum atomic E-state index is 12.8. The highest BCUT2D eigenvalue weighted by atomic mass is 16.2. The molecule has 33 heavy (non-hydrogen) atoms. The van der Waals surface area contributed by atoms with Crippen molar-refractivity contribution in [3.63, 3.8) is 0 Å². The normalized spacial score (nSPS) is 12.2. The zero-order chi connectivity index (χ0) is 23.4. The minimum Gasteiger partial charge on any atom is -0.354 e. The van der Waals surface area contributed by atoms with Crippen molar-refractivity contribution in [2.45, 2.75) is 38.6 Å². The highest BCUT2D eigenvalue weighted by Crippen LogP contribution is 2.21. The molecule has 0 saturated heterocycles. The highest BCUT2D eigenvalue weighted by Gasteiger charge is 2.16. The molecule has 4 rings (SSSR count). The summed E-state index contributed by atoms with van der Waals surface area (Å²) >= 11 is 0. The maximum absolute atomic E-state index is 12.8. The Morgan fingerprint density at radius 3 is 1.88 bits per heavy atom. The Kier molecular flexibility index (Phi) is 6.82. The summed E-state index contributed by atoms with van der Waals surface area (Å²) in [6, 6.07) is 16.1. The van der Waals surface area contributed by atoms with Crippen molar-refractivity contribution in [3.8, 4) is 0 Å². The first-order chi connectivity index (χ1) is 16.0. The largest absolute Gasteiger partial charge is 0.354 e. The van der Waals surface area contributed by atoms with Crippen LogP contribution >= 0.6 is 0 Å². The van der Waals surface area contributed by atoms with Gasteiger partial charge in [-0.05, 0) is 29.7 Å². The molecule has 2 aromatic heterocycles. The van der Waals surface area contributed by atoms with Crippen molar-refractivity contribution < 1.29 is 9.59 Å². The first kappa shape index (κ1) is 22.6. The molecule has 1 atom stereocenters. The molecule has 2 aromatic carbocycles. The van der Waals surface area contributed by atoms with E-state index in [9.17, 15) is 9.59 Å². The number of para-hydroxylation sites is 2. The van der Waals surface area contributed by atoms with Crippen molar-refractivity contribution in [1.29, 1.82) is 0 Å². The fraction of sp³-hybridized carbons (Fsp3) is 0.333. The molecule has 0 saturated carbocycles. The molecule has 172 valence electrons. The predicted molar refractivity (Wildman–Crippen MR) is 133 cm³/mol. The zero-order valence-electron chi connectivity index (χ0n) is 19.6. The molecule has 2 amide bonds.